The highest BCUT2D eigenvalue weighted by Gasteiger charge is 2.55. The van der Waals surface area contributed by atoms with Gasteiger partial charge in [-0.25, -0.2) is 4.79 Å². The highest BCUT2D eigenvalue weighted by atomic mass is 19.4. The van der Waals surface area contributed by atoms with Gasteiger partial charge in [0, 0.05) is 13.1 Å². The average molecular weight is 467 g/mol. The van der Waals surface area contributed by atoms with Crippen LogP contribution in [0.5, 0.6) is 0 Å². The predicted octanol–water partition coefficient (Wildman–Crippen LogP) is 4.13. The average Bonchev–Trinajstić information content (AvgIpc) is 3.00. The summed E-state index contributed by atoms with van der Waals surface area (Å²) in [6.45, 7) is 2.73. The van der Waals surface area contributed by atoms with Crippen LogP contribution in [0.3, 0.4) is 0 Å². The van der Waals surface area contributed by atoms with Gasteiger partial charge in [-0.15, -0.1) is 0 Å². The summed E-state index contributed by atoms with van der Waals surface area (Å²) in [6.07, 6.45) is 1.41. The minimum absolute atomic E-state index is 0.0320. The number of carbonyl (C=O) groups is 3. The Bertz CT molecular complexity index is 945. The highest BCUT2D eigenvalue weighted by Crippen LogP contribution is 2.39. The zero-order valence-corrected chi connectivity index (χ0v) is 18.6. The summed E-state index contributed by atoms with van der Waals surface area (Å²) in [7, 11) is 0. The summed E-state index contributed by atoms with van der Waals surface area (Å²) in [5.74, 6) is -1.20. The van der Waals surface area contributed by atoms with Gasteiger partial charge in [0.2, 0.25) is 5.91 Å². The fraction of sp³-hybridized carbons (Fsp3) is 0.609. The first-order valence-corrected chi connectivity index (χ1v) is 11.5. The number of amides is 4. The van der Waals surface area contributed by atoms with Crippen molar-refractivity contribution in [2.24, 2.45) is 5.92 Å². The molecular formula is C23H29F3N4O3. The van der Waals surface area contributed by atoms with E-state index >= 15 is 0 Å². The number of rotatable bonds is 4. The van der Waals surface area contributed by atoms with Gasteiger partial charge in [0.05, 0.1) is 16.9 Å². The normalized spacial score (nSPS) is 26.0. The molecule has 3 fully saturated rings. The van der Waals surface area contributed by atoms with E-state index in [9.17, 15) is 27.6 Å². The van der Waals surface area contributed by atoms with Crippen LogP contribution in [0.15, 0.2) is 18.2 Å². The topological polar surface area (TPSA) is 81.8 Å². The Morgan fingerprint density at radius 2 is 1.88 bits per heavy atom. The second kappa shape index (κ2) is 8.87. The fourth-order valence-corrected chi connectivity index (χ4v) is 5.20. The van der Waals surface area contributed by atoms with E-state index in [4.69, 9.17) is 0 Å². The van der Waals surface area contributed by atoms with Crippen molar-refractivity contribution in [2.45, 2.75) is 63.6 Å². The van der Waals surface area contributed by atoms with Crippen molar-refractivity contribution in [2.75, 3.05) is 29.9 Å². The number of benzene rings is 1. The van der Waals surface area contributed by atoms with Gasteiger partial charge >= 0.3 is 12.2 Å². The van der Waals surface area contributed by atoms with Crippen LogP contribution in [-0.2, 0) is 15.8 Å². The number of urea groups is 1. The Morgan fingerprint density at radius 3 is 2.55 bits per heavy atom. The van der Waals surface area contributed by atoms with Crippen LogP contribution in [0, 0.1) is 5.92 Å². The van der Waals surface area contributed by atoms with E-state index < -0.39 is 41.7 Å². The Morgan fingerprint density at radius 1 is 1.15 bits per heavy atom. The monoisotopic (exact) mass is 466 g/mol. The fourth-order valence-electron chi connectivity index (χ4n) is 5.20. The molecule has 2 unspecified atom stereocenters. The summed E-state index contributed by atoms with van der Waals surface area (Å²) < 4.78 is 39.9. The smallest absolute Gasteiger partial charge is 0.370 e. The SMILES string of the molecule is CC1CCCCC12NC(=O)N(CC(=O)Nc1cc(C(F)(F)F)ccc1N1CCCCC1)C2=O. The first kappa shape index (κ1) is 23.4. The number of halogens is 3. The summed E-state index contributed by atoms with van der Waals surface area (Å²) >= 11 is 0. The second-order valence-corrected chi connectivity index (χ2v) is 9.27. The van der Waals surface area contributed by atoms with E-state index in [0.717, 1.165) is 55.6 Å². The van der Waals surface area contributed by atoms with Crippen molar-refractivity contribution in [1.29, 1.82) is 0 Å². The molecular weight excluding hydrogens is 437 g/mol. The number of imide groups is 1. The molecule has 1 spiro atoms. The van der Waals surface area contributed by atoms with Crippen LogP contribution in [0.2, 0.25) is 0 Å². The molecule has 4 amide bonds. The van der Waals surface area contributed by atoms with Crippen LogP contribution < -0.4 is 15.5 Å². The first-order chi connectivity index (χ1) is 15.6. The van der Waals surface area contributed by atoms with E-state index in [2.05, 4.69) is 10.6 Å². The number of hydrogen-bond acceptors (Lipinski definition) is 4. The molecule has 1 aliphatic carbocycles. The minimum Gasteiger partial charge on any atom is -0.370 e. The van der Waals surface area contributed by atoms with E-state index in [1.807, 2.05) is 11.8 Å². The molecule has 2 heterocycles. The molecule has 0 aromatic heterocycles. The number of alkyl halides is 3. The van der Waals surface area contributed by atoms with Gasteiger partial charge in [0.1, 0.15) is 12.1 Å². The molecule has 7 nitrogen and oxygen atoms in total. The predicted molar refractivity (Wildman–Crippen MR) is 117 cm³/mol. The summed E-state index contributed by atoms with van der Waals surface area (Å²) in [4.78, 5) is 41.3. The van der Waals surface area contributed by atoms with Gasteiger partial charge in [-0.2, -0.15) is 13.2 Å². The minimum atomic E-state index is -4.56. The number of carbonyl (C=O) groups excluding carboxylic acids is 3. The lowest BCUT2D eigenvalue weighted by Crippen LogP contribution is -2.54. The molecule has 180 valence electrons. The van der Waals surface area contributed by atoms with Gasteiger partial charge in [-0.3, -0.25) is 14.5 Å². The van der Waals surface area contributed by atoms with Crippen LogP contribution >= 0.6 is 0 Å². The van der Waals surface area contributed by atoms with Crippen LogP contribution in [0.4, 0.5) is 29.3 Å². The molecule has 1 saturated carbocycles. The Balaban J connectivity index is 1.54. The van der Waals surface area contributed by atoms with Crippen LogP contribution in [0.1, 0.15) is 57.4 Å². The van der Waals surface area contributed by atoms with Gasteiger partial charge < -0.3 is 15.5 Å². The molecule has 1 aromatic carbocycles. The van der Waals surface area contributed by atoms with Crippen molar-refractivity contribution < 1.29 is 27.6 Å². The van der Waals surface area contributed by atoms with Crippen LogP contribution in [0.25, 0.3) is 0 Å². The summed E-state index contributed by atoms with van der Waals surface area (Å²) in [5, 5.41) is 5.32. The number of hydrogen-bond donors (Lipinski definition) is 2. The van der Waals surface area contributed by atoms with Crippen molar-refractivity contribution in [3.63, 3.8) is 0 Å². The molecule has 33 heavy (non-hydrogen) atoms. The van der Waals surface area contributed by atoms with E-state index in [0.29, 0.717) is 25.2 Å². The van der Waals surface area contributed by atoms with Crippen molar-refractivity contribution in [3.05, 3.63) is 23.8 Å². The van der Waals surface area contributed by atoms with Crippen LogP contribution in [-0.4, -0.2) is 47.9 Å². The molecule has 1 aromatic rings. The maximum absolute atomic E-state index is 13.3. The summed E-state index contributed by atoms with van der Waals surface area (Å²) in [6, 6.07) is 2.66. The standard InChI is InChI=1S/C23H29F3N4O3/c1-15-7-3-4-10-22(15)20(32)30(21(33)28-22)14-19(31)27-17-13-16(23(24,25)26)8-9-18(17)29-11-5-2-6-12-29/h8-9,13,15H,2-7,10-12,14H2,1H3,(H,27,31)(H,28,33). The zero-order valence-electron chi connectivity index (χ0n) is 18.6. The lowest BCUT2D eigenvalue weighted by atomic mass is 9.73. The van der Waals surface area contributed by atoms with Gasteiger partial charge in [-0.05, 0) is 56.2 Å². The van der Waals surface area contributed by atoms with Gasteiger partial charge in [0.15, 0.2) is 0 Å². The third-order valence-corrected chi connectivity index (χ3v) is 7.10. The molecule has 3 aliphatic rings. The second-order valence-electron chi connectivity index (χ2n) is 9.27. The van der Waals surface area contributed by atoms with Gasteiger partial charge in [0.25, 0.3) is 5.91 Å². The Kier molecular flexibility index (Phi) is 6.28. The van der Waals surface area contributed by atoms with Crippen molar-refractivity contribution in [3.8, 4) is 0 Å². The Labute approximate surface area is 190 Å². The third-order valence-electron chi connectivity index (χ3n) is 7.10. The lowest BCUT2D eigenvalue weighted by Gasteiger charge is -2.36. The van der Waals surface area contributed by atoms with E-state index in [-0.39, 0.29) is 11.6 Å². The maximum Gasteiger partial charge on any atom is 0.416 e. The van der Waals surface area contributed by atoms with Gasteiger partial charge in [-0.1, -0.05) is 19.8 Å². The number of nitrogens with one attached hydrogen (secondary N) is 2. The molecule has 2 N–H and O–H groups in total. The van der Waals surface area contributed by atoms with E-state index in [1.54, 1.807) is 0 Å². The number of piperidine rings is 1. The molecule has 2 saturated heterocycles. The highest BCUT2D eigenvalue weighted by molar-refractivity contribution is 6.10. The molecule has 4 rings (SSSR count). The van der Waals surface area contributed by atoms with Crippen molar-refractivity contribution in [1.82, 2.24) is 10.2 Å². The zero-order chi connectivity index (χ0) is 23.8. The third kappa shape index (κ3) is 4.52. The quantitative estimate of drug-likeness (QED) is 0.654. The molecule has 0 radical (unpaired) electrons. The number of anilines is 2. The molecule has 10 heteroatoms. The molecule has 2 aliphatic heterocycles. The maximum atomic E-state index is 13.3. The lowest BCUT2D eigenvalue weighted by molar-refractivity contribution is -0.137. The number of nitrogens with zero attached hydrogens (tertiary/aromatic N) is 2. The van der Waals surface area contributed by atoms with Crippen molar-refractivity contribution >= 4 is 29.2 Å². The summed E-state index contributed by atoms with van der Waals surface area (Å²) in [5.41, 5.74) is -1.33. The molecule has 0 bridgehead atoms. The first-order valence-electron chi connectivity index (χ1n) is 11.5. The molecule has 2 atom stereocenters. The van der Waals surface area contributed by atoms with E-state index in [1.165, 1.54) is 6.07 Å². The largest absolute Gasteiger partial charge is 0.416 e. The Hall–Kier alpha value is -2.78.